The summed E-state index contributed by atoms with van der Waals surface area (Å²) in [5, 5.41) is 22.2. The maximum Gasteiger partial charge on any atom is 0.247 e. The van der Waals surface area contributed by atoms with Gasteiger partial charge in [-0.25, -0.2) is 15.0 Å². The molecular weight excluding hydrogens is 412 g/mol. The second kappa shape index (κ2) is 8.33. The quantitative estimate of drug-likeness (QED) is 0.527. The smallest absolute Gasteiger partial charge is 0.247 e. The van der Waals surface area contributed by atoms with Crippen molar-refractivity contribution in [3.8, 4) is 6.07 Å². The monoisotopic (exact) mass is 430 g/mol. The number of nitrogens with one attached hydrogen (secondary N) is 2. The Kier molecular flexibility index (Phi) is 5.43. The summed E-state index contributed by atoms with van der Waals surface area (Å²) < 4.78 is 0. The number of nitrogens with zero attached hydrogens (tertiary/aromatic N) is 5. The van der Waals surface area contributed by atoms with Gasteiger partial charge in [0.05, 0.1) is 29.1 Å². The molecule has 3 heterocycles. The maximum absolute atomic E-state index is 12.7. The summed E-state index contributed by atoms with van der Waals surface area (Å²) in [5.74, 6) is 0.583. The molecule has 0 spiro atoms. The van der Waals surface area contributed by atoms with Crippen LogP contribution in [0.2, 0.25) is 0 Å². The summed E-state index contributed by atoms with van der Waals surface area (Å²) in [6.07, 6.45) is 4.79. The molecule has 1 atom stereocenters. The maximum atomic E-state index is 12.7. The Morgan fingerprint density at radius 1 is 1.39 bits per heavy atom. The summed E-state index contributed by atoms with van der Waals surface area (Å²) in [5.41, 5.74) is 8.58. The zero-order chi connectivity index (χ0) is 22.0. The van der Waals surface area contributed by atoms with Gasteiger partial charge in [-0.15, -0.1) is 11.3 Å². The van der Waals surface area contributed by atoms with Crippen LogP contribution in [-0.2, 0) is 4.79 Å². The molecule has 1 aliphatic rings. The van der Waals surface area contributed by atoms with Crippen molar-refractivity contribution >= 4 is 51.9 Å². The SMILES string of the molecule is CCC1C(=O)Nc2cnc(/C(C=N)=C(/N)c3nccs3)nc2N1c1ccc(C#N)cc1. The summed E-state index contributed by atoms with van der Waals surface area (Å²) in [6, 6.07) is 8.55. The second-order valence-electron chi connectivity index (χ2n) is 6.68. The molecule has 0 saturated heterocycles. The largest absolute Gasteiger partial charge is 0.396 e. The number of nitriles is 1. The van der Waals surface area contributed by atoms with Gasteiger partial charge >= 0.3 is 0 Å². The van der Waals surface area contributed by atoms with Crippen LogP contribution in [0.4, 0.5) is 17.2 Å². The molecule has 1 unspecified atom stereocenters. The second-order valence-corrected chi connectivity index (χ2v) is 7.58. The topological polar surface area (TPSA) is 145 Å². The van der Waals surface area contributed by atoms with Crippen molar-refractivity contribution in [3.63, 3.8) is 0 Å². The van der Waals surface area contributed by atoms with Crippen LogP contribution in [0.15, 0.2) is 42.0 Å². The van der Waals surface area contributed by atoms with E-state index >= 15 is 0 Å². The van der Waals surface area contributed by atoms with E-state index in [2.05, 4.69) is 26.3 Å². The molecule has 1 aliphatic heterocycles. The van der Waals surface area contributed by atoms with Gasteiger partial charge in [-0.1, -0.05) is 6.92 Å². The first-order chi connectivity index (χ1) is 15.1. The molecule has 0 fully saturated rings. The average molecular weight is 430 g/mol. The lowest BCUT2D eigenvalue weighted by Gasteiger charge is -2.36. The van der Waals surface area contributed by atoms with E-state index in [0.717, 1.165) is 11.9 Å². The van der Waals surface area contributed by atoms with E-state index in [1.54, 1.807) is 35.8 Å². The van der Waals surface area contributed by atoms with Gasteiger partial charge in [0, 0.05) is 23.5 Å². The fourth-order valence-electron chi connectivity index (χ4n) is 3.36. The highest BCUT2D eigenvalue weighted by Crippen LogP contribution is 2.37. The van der Waals surface area contributed by atoms with E-state index in [0.29, 0.717) is 39.8 Å². The van der Waals surface area contributed by atoms with E-state index in [1.807, 2.05) is 11.8 Å². The Hall–Kier alpha value is -4.10. The Morgan fingerprint density at radius 3 is 2.77 bits per heavy atom. The molecule has 9 nitrogen and oxygen atoms in total. The fraction of sp³-hybridized carbons (Fsp3) is 0.143. The molecule has 0 bridgehead atoms. The van der Waals surface area contributed by atoms with Crippen LogP contribution in [0.25, 0.3) is 11.3 Å². The van der Waals surface area contributed by atoms with Crippen molar-refractivity contribution in [2.24, 2.45) is 5.73 Å². The van der Waals surface area contributed by atoms with E-state index in [4.69, 9.17) is 16.4 Å². The van der Waals surface area contributed by atoms with Crippen LogP contribution >= 0.6 is 11.3 Å². The molecule has 154 valence electrons. The van der Waals surface area contributed by atoms with E-state index in [-0.39, 0.29) is 11.7 Å². The third-order valence-corrected chi connectivity index (χ3v) is 5.67. The predicted octanol–water partition coefficient (Wildman–Crippen LogP) is 3.15. The minimum Gasteiger partial charge on any atom is -0.396 e. The summed E-state index contributed by atoms with van der Waals surface area (Å²) in [6.45, 7) is 1.91. The number of carbonyl (C=O) groups excluding carboxylic acids is 1. The number of nitrogens with two attached hydrogens (primary N) is 1. The highest BCUT2D eigenvalue weighted by molar-refractivity contribution is 7.10. The van der Waals surface area contributed by atoms with Crippen molar-refractivity contribution in [1.82, 2.24) is 15.0 Å². The molecule has 31 heavy (non-hydrogen) atoms. The predicted molar refractivity (Wildman–Crippen MR) is 120 cm³/mol. The molecule has 0 radical (unpaired) electrons. The number of benzene rings is 1. The fourth-order valence-corrected chi connectivity index (χ4v) is 3.97. The van der Waals surface area contributed by atoms with Crippen LogP contribution in [0.5, 0.6) is 0 Å². The van der Waals surface area contributed by atoms with Gasteiger partial charge in [0.1, 0.15) is 16.7 Å². The van der Waals surface area contributed by atoms with Crippen LogP contribution in [0, 0.1) is 16.7 Å². The molecule has 0 saturated carbocycles. The van der Waals surface area contributed by atoms with Gasteiger partial charge in [0.15, 0.2) is 11.6 Å². The van der Waals surface area contributed by atoms with E-state index in [1.165, 1.54) is 17.5 Å². The number of hydrogen-bond acceptors (Lipinski definition) is 9. The van der Waals surface area contributed by atoms with Crippen LogP contribution in [-0.4, -0.2) is 33.1 Å². The van der Waals surface area contributed by atoms with Gasteiger partial charge < -0.3 is 21.4 Å². The number of amides is 1. The lowest BCUT2D eigenvalue weighted by Crippen LogP contribution is -2.45. The number of hydrogen-bond donors (Lipinski definition) is 3. The Balaban J connectivity index is 1.87. The molecule has 2 aromatic heterocycles. The van der Waals surface area contributed by atoms with Gasteiger partial charge in [0.25, 0.3) is 0 Å². The number of allylic oxidation sites excluding steroid dienone is 1. The molecule has 1 aromatic carbocycles. The number of aromatic nitrogens is 3. The number of fused-ring (bicyclic) bond motifs is 1. The minimum atomic E-state index is -0.494. The van der Waals surface area contributed by atoms with Crippen molar-refractivity contribution in [3.05, 3.63) is 58.4 Å². The molecule has 10 heteroatoms. The van der Waals surface area contributed by atoms with E-state index < -0.39 is 6.04 Å². The zero-order valence-corrected chi connectivity index (χ0v) is 17.3. The Bertz CT molecular complexity index is 1210. The van der Waals surface area contributed by atoms with Crippen molar-refractivity contribution in [2.45, 2.75) is 19.4 Å². The standard InChI is InChI=1S/C21H18N8OS/c1-2-16-20(30)27-15-11-26-18(14(10-23)17(24)21-25-7-8-31-21)28-19(15)29(16)13-5-3-12(9-22)4-6-13/h3-8,10-11,16,23H,2,24H2,1H3,(H,27,30)/b17-14+,23-10?. The summed E-state index contributed by atoms with van der Waals surface area (Å²) in [4.78, 5) is 27.7. The first kappa shape index (κ1) is 20.2. The van der Waals surface area contributed by atoms with E-state index in [9.17, 15) is 4.79 Å². The lowest BCUT2D eigenvalue weighted by atomic mass is 10.1. The summed E-state index contributed by atoms with van der Waals surface area (Å²) in [7, 11) is 0. The Morgan fingerprint density at radius 2 is 2.16 bits per heavy atom. The van der Waals surface area contributed by atoms with Crippen LogP contribution in [0.3, 0.4) is 0 Å². The number of thiazole rings is 1. The summed E-state index contributed by atoms with van der Waals surface area (Å²) >= 11 is 1.36. The highest BCUT2D eigenvalue weighted by atomic mass is 32.1. The molecule has 4 rings (SSSR count). The molecule has 3 aromatic rings. The molecule has 4 N–H and O–H groups in total. The first-order valence-corrected chi connectivity index (χ1v) is 10.3. The lowest BCUT2D eigenvalue weighted by molar-refractivity contribution is -0.117. The van der Waals surface area contributed by atoms with Crippen molar-refractivity contribution in [2.75, 3.05) is 10.2 Å². The highest BCUT2D eigenvalue weighted by Gasteiger charge is 2.34. The van der Waals surface area contributed by atoms with Crippen molar-refractivity contribution < 1.29 is 4.79 Å². The van der Waals surface area contributed by atoms with Crippen molar-refractivity contribution in [1.29, 1.82) is 10.7 Å². The first-order valence-electron chi connectivity index (χ1n) is 9.45. The number of carbonyl (C=O) groups is 1. The minimum absolute atomic E-state index is 0.166. The zero-order valence-electron chi connectivity index (χ0n) is 16.5. The van der Waals surface area contributed by atoms with Gasteiger partial charge in [-0.05, 0) is 30.7 Å². The number of rotatable bonds is 5. The average Bonchev–Trinajstić information content (AvgIpc) is 3.34. The van der Waals surface area contributed by atoms with Gasteiger partial charge in [-0.2, -0.15) is 5.26 Å². The number of anilines is 3. The molecule has 1 amide bonds. The third kappa shape index (κ3) is 3.62. The van der Waals surface area contributed by atoms with Crippen LogP contribution < -0.4 is 16.0 Å². The molecular formula is C21H18N8OS. The van der Waals surface area contributed by atoms with Crippen LogP contribution in [0.1, 0.15) is 29.7 Å². The van der Waals surface area contributed by atoms with Gasteiger partial charge in [0.2, 0.25) is 5.91 Å². The van der Waals surface area contributed by atoms with Gasteiger partial charge in [-0.3, -0.25) is 4.79 Å². The Labute approximate surface area is 182 Å². The third-order valence-electron chi connectivity index (χ3n) is 4.87. The normalized spacial score (nSPS) is 16.1. The molecule has 0 aliphatic carbocycles.